The lowest BCUT2D eigenvalue weighted by Gasteiger charge is -2.07. The predicted octanol–water partition coefficient (Wildman–Crippen LogP) is 2.58. The molecule has 5 heteroatoms. The summed E-state index contributed by atoms with van der Waals surface area (Å²) in [4.78, 5) is 22.5. The standard InChI is InChI=1S/C15H19NO3S/c1-11-8-12(4-5-14(17)18)10-13(9-11)15(19)16-6-3-7-20-2/h4-5,8-10H,3,6-7H2,1-2H3,(H,16,19)(H,17,18)/b5-4+. The number of benzene rings is 1. The minimum Gasteiger partial charge on any atom is -0.478 e. The second-order valence-electron chi connectivity index (χ2n) is 4.41. The molecule has 1 rings (SSSR count). The van der Waals surface area contributed by atoms with Crippen LogP contribution in [0.4, 0.5) is 0 Å². The molecule has 0 bridgehead atoms. The van der Waals surface area contributed by atoms with Gasteiger partial charge in [-0.25, -0.2) is 4.79 Å². The Morgan fingerprint density at radius 1 is 1.35 bits per heavy atom. The van der Waals surface area contributed by atoms with Gasteiger partial charge in [-0.15, -0.1) is 0 Å². The lowest BCUT2D eigenvalue weighted by Crippen LogP contribution is -2.24. The number of amides is 1. The maximum atomic E-state index is 12.0. The summed E-state index contributed by atoms with van der Waals surface area (Å²) in [7, 11) is 0. The van der Waals surface area contributed by atoms with Gasteiger partial charge in [0.05, 0.1) is 0 Å². The van der Waals surface area contributed by atoms with Crippen molar-refractivity contribution < 1.29 is 14.7 Å². The SMILES string of the molecule is CSCCCNC(=O)c1cc(C)cc(/C=C/C(=O)O)c1. The maximum absolute atomic E-state index is 12.0. The number of nitrogens with one attached hydrogen (secondary N) is 1. The molecule has 0 aliphatic heterocycles. The Balaban J connectivity index is 2.74. The third-order valence-corrected chi connectivity index (χ3v) is 3.29. The summed E-state index contributed by atoms with van der Waals surface area (Å²) in [5.41, 5.74) is 2.19. The van der Waals surface area contributed by atoms with Crippen molar-refractivity contribution in [2.24, 2.45) is 0 Å². The van der Waals surface area contributed by atoms with E-state index in [2.05, 4.69) is 5.32 Å². The minimum atomic E-state index is -1.01. The number of aryl methyl sites for hydroxylation is 1. The van der Waals surface area contributed by atoms with Gasteiger partial charge >= 0.3 is 5.97 Å². The average Bonchev–Trinajstić information content (AvgIpc) is 2.40. The summed E-state index contributed by atoms with van der Waals surface area (Å²) >= 11 is 1.75. The molecule has 1 aromatic rings. The third kappa shape index (κ3) is 5.93. The first kappa shape index (κ1) is 16.3. The molecule has 0 saturated heterocycles. The van der Waals surface area contributed by atoms with Crippen LogP contribution in [-0.4, -0.2) is 35.5 Å². The second kappa shape index (κ2) is 8.43. The van der Waals surface area contributed by atoms with Crippen LogP contribution in [-0.2, 0) is 4.79 Å². The molecule has 0 heterocycles. The van der Waals surface area contributed by atoms with E-state index in [1.54, 1.807) is 23.9 Å². The van der Waals surface area contributed by atoms with E-state index in [0.29, 0.717) is 17.7 Å². The summed E-state index contributed by atoms with van der Waals surface area (Å²) in [5, 5.41) is 11.5. The fourth-order valence-electron chi connectivity index (χ4n) is 1.73. The third-order valence-electron chi connectivity index (χ3n) is 2.59. The van der Waals surface area contributed by atoms with Crippen LogP contribution in [0.3, 0.4) is 0 Å². The van der Waals surface area contributed by atoms with E-state index < -0.39 is 5.97 Å². The van der Waals surface area contributed by atoms with Gasteiger partial charge in [-0.3, -0.25) is 4.79 Å². The van der Waals surface area contributed by atoms with Gasteiger partial charge in [0, 0.05) is 18.2 Å². The van der Waals surface area contributed by atoms with Crippen molar-refractivity contribution in [3.63, 3.8) is 0 Å². The number of carbonyl (C=O) groups excluding carboxylic acids is 1. The number of carboxylic acids is 1. The van der Waals surface area contributed by atoms with Crippen LogP contribution in [0.1, 0.15) is 27.9 Å². The molecule has 0 spiro atoms. The molecule has 2 N–H and O–H groups in total. The molecule has 0 unspecified atom stereocenters. The van der Waals surface area contributed by atoms with Gasteiger partial charge in [0.25, 0.3) is 5.91 Å². The fourth-order valence-corrected chi connectivity index (χ4v) is 2.16. The largest absolute Gasteiger partial charge is 0.478 e. The number of hydrogen-bond acceptors (Lipinski definition) is 3. The molecule has 1 aromatic carbocycles. The minimum absolute atomic E-state index is 0.125. The van der Waals surface area contributed by atoms with E-state index >= 15 is 0 Å². The number of thioether (sulfide) groups is 1. The molecule has 1 amide bonds. The van der Waals surface area contributed by atoms with Gasteiger partial charge in [-0.1, -0.05) is 6.07 Å². The average molecular weight is 293 g/mol. The van der Waals surface area contributed by atoms with Crippen LogP contribution in [0.15, 0.2) is 24.3 Å². The molecule has 20 heavy (non-hydrogen) atoms. The molecule has 0 atom stereocenters. The molecule has 0 radical (unpaired) electrons. The Kier molecular flexibility index (Phi) is 6.87. The van der Waals surface area contributed by atoms with Gasteiger partial charge in [0.15, 0.2) is 0 Å². The highest BCUT2D eigenvalue weighted by Gasteiger charge is 2.06. The summed E-state index contributed by atoms with van der Waals surface area (Å²) in [6.45, 7) is 2.52. The van der Waals surface area contributed by atoms with Crippen LogP contribution in [0.5, 0.6) is 0 Å². The van der Waals surface area contributed by atoms with E-state index in [0.717, 1.165) is 23.8 Å². The highest BCUT2D eigenvalue weighted by molar-refractivity contribution is 7.98. The topological polar surface area (TPSA) is 66.4 Å². The summed E-state index contributed by atoms with van der Waals surface area (Å²) in [5.74, 6) is -0.116. The number of aliphatic carboxylic acids is 1. The molecular formula is C15H19NO3S. The number of carbonyl (C=O) groups is 2. The van der Waals surface area contributed by atoms with Gasteiger partial charge in [0.2, 0.25) is 0 Å². The van der Waals surface area contributed by atoms with Crippen molar-refractivity contribution in [2.45, 2.75) is 13.3 Å². The van der Waals surface area contributed by atoms with Crippen molar-refractivity contribution in [1.29, 1.82) is 0 Å². The molecule has 0 aliphatic rings. The molecule has 0 aromatic heterocycles. The molecule has 108 valence electrons. The highest BCUT2D eigenvalue weighted by Crippen LogP contribution is 2.11. The first-order valence-electron chi connectivity index (χ1n) is 6.33. The van der Waals surface area contributed by atoms with E-state index in [9.17, 15) is 9.59 Å². The zero-order valence-corrected chi connectivity index (χ0v) is 12.5. The zero-order valence-electron chi connectivity index (χ0n) is 11.7. The van der Waals surface area contributed by atoms with Crippen LogP contribution in [0, 0.1) is 6.92 Å². The van der Waals surface area contributed by atoms with Gasteiger partial charge < -0.3 is 10.4 Å². The van der Waals surface area contributed by atoms with Crippen LogP contribution >= 0.6 is 11.8 Å². The monoisotopic (exact) mass is 293 g/mol. The quantitative estimate of drug-likeness (QED) is 0.599. The van der Waals surface area contributed by atoms with E-state index in [1.807, 2.05) is 19.2 Å². The fraction of sp³-hybridized carbons (Fsp3) is 0.333. The van der Waals surface area contributed by atoms with Crippen LogP contribution in [0.25, 0.3) is 6.08 Å². The first-order valence-corrected chi connectivity index (χ1v) is 7.72. The predicted molar refractivity (Wildman–Crippen MR) is 83.2 cm³/mol. The molecule has 0 aliphatic carbocycles. The van der Waals surface area contributed by atoms with Crippen molar-refractivity contribution >= 4 is 29.7 Å². The smallest absolute Gasteiger partial charge is 0.328 e. The molecule has 0 fully saturated rings. The highest BCUT2D eigenvalue weighted by atomic mass is 32.2. The normalized spacial score (nSPS) is 10.7. The molecule has 4 nitrogen and oxygen atoms in total. The number of carboxylic acid groups (broad SMARTS) is 1. The van der Waals surface area contributed by atoms with Gasteiger partial charge in [-0.05, 0) is 54.7 Å². The summed E-state index contributed by atoms with van der Waals surface area (Å²) < 4.78 is 0. The summed E-state index contributed by atoms with van der Waals surface area (Å²) in [6, 6.07) is 5.32. The Bertz CT molecular complexity index is 512. The Hall–Kier alpha value is -1.75. The Morgan fingerprint density at radius 3 is 2.75 bits per heavy atom. The number of rotatable bonds is 7. The maximum Gasteiger partial charge on any atom is 0.328 e. The van der Waals surface area contributed by atoms with E-state index in [4.69, 9.17) is 5.11 Å². The second-order valence-corrected chi connectivity index (χ2v) is 5.39. The Morgan fingerprint density at radius 2 is 2.10 bits per heavy atom. The van der Waals surface area contributed by atoms with Crippen molar-refractivity contribution in [3.05, 3.63) is 41.0 Å². The van der Waals surface area contributed by atoms with Gasteiger partial charge in [0.1, 0.15) is 0 Å². The van der Waals surface area contributed by atoms with Crippen molar-refractivity contribution in [1.82, 2.24) is 5.32 Å². The zero-order chi connectivity index (χ0) is 15.0. The number of hydrogen-bond donors (Lipinski definition) is 2. The molecular weight excluding hydrogens is 274 g/mol. The van der Waals surface area contributed by atoms with E-state index in [-0.39, 0.29) is 5.91 Å². The first-order chi connectivity index (χ1) is 9.52. The van der Waals surface area contributed by atoms with E-state index in [1.165, 1.54) is 6.08 Å². The lowest BCUT2D eigenvalue weighted by atomic mass is 10.1. The van der Waals surface area contributed by atoms with Crippen LogP contribution in [0.2, 0.25) is 0 Å². The van der Waals surface area contributed by atoms with Gasteiger partial charge in [-0.2, -0.15) is 11.8 Å². The Labute approximate surface area is 123 Å². The van der Waals surface area contributed by atoms with Crippen molar-refractivity contribution in [3.8, 4) is 0 Å². The molecule has 0 saturated carbocycles. The summed E-state index contributed by atoms with van der Waals surface area (Å²) in [6.07, 6.45) is 5.52. The lowest BCUT2D eigenvalue weighted by molar-refractivity contribution is -0.131. The van der Waals surface area contributed by atoms with Crippen molar-refractivity contribution in [2.75, 3.05) is 18.6 Å². The van der Waals surface area contributed by atoms with Crippen LogP contribution < -0.4 is 5.32 Å².